The molecule has 5 rings (SSSR count). The molecule has 3 aliphatic heterocycles. The quantitative estimate of drug-likeness (QED) is 0.856. The van der Waals surface area contributed by atoms with Gasteiger partial charge in [0.2, 0.25) is 0 Å². The van der Waals surface area contributed by atoms with Crippen molar-refractivity contribution in [2.45, 2.75) is 18.9 Å². The predicted molar refractivity (Wildman–Crippen MR) is 82.5 cm³/mol. The van der Waals surface area contributed by atoms with Crippen LogP contribution in [0.15, 0.2) is 34.5 Å². The molecule has 5 heteroatoms. The number of carbonyl (C=O) groups is 1. The Kier molecular flexibility index (Phi) is 3.31. The van der Waals surface area contributed by atoms with Crippen LogP contribution in [0.4, 0.5) is 0 Å². The molecule has 1 amide bonds. The molecular formula is C16H18N2O2S. The number of hydrogen-bond donors (Lipinski definition) is 0. The summed E-state index contributed by atoms with van der Waals surface area (Å²) in [6.07, 6.45) is 5.62. The van der Waals surface area contributed by atoms with E-state index in [0.29, 0.717) is 6.04 Å². The summed E-state index contributed by atoms with van der Waals surface area (Å²) in [7, 11) is 0. The van der Waals surface area contributed by atoms with E-state index in [9.17, 15) is 4.79 Å². The highest BCUT2D eigenvalue weighted by Gasteiger charge is 2.32. The Bertz CT molecular complexity index is 627. The van der Waals surface area contributed by atoms with Crippen molar-refractivity contribution in [3.05, 3.63) is 34.9 Å². The minimum Gasteiger partial charge on any atom is -0.472 e. The van der Waals surface area contributed by atoms with Crippen molar-refractivity contribution < 1.29 is 9.21 Å². The first kappa shape index (κ1) is 13.1. The topological polar surface area (TPSA) is 36.7 Å². The summed E-state index contributed by atoms with van der Waals surface area (Å²) in [6, 6.07) is 4.35. The molecule has 2 bridgehead atoms. The lowest BCUT2D eigenvalue weighted by molar-refractivity contribution is 0.0690. The van der Waals surface area contributed by atoms with Gasteiger partial charge in [-0.2, -0.15) is 0 Å². The average Bonchev–Trinajstić information content (AvgIpc) is 3.12. The van der Waals surface area contributed by atoms with E-state index < -0.39 is 0 Å². The third-order valence-corrected chi connectivity index (χ3v) is 5.50. The first-order chi connectivity index (χ1) is 10.3. The zero-order chi connectivity index (χ0) is 14.2. The van der Waals surface area contributed by atoms with Gasteiger partial charge in [0.1, 0.15) is 0 Å². The predicted octanol–water partition coefficient (Wildman–Crippen LogP) is 2.93. The van der Waals surface area contributed by atoms with Gasteiger partial charge in [-0.3, -0.25) is 4.79 Å². The largest absolute Gasteiger partial charge is 0.472 e. The highest BCUT2D eigenvalue weighted by atomic mass is 32.1. The number of amides is 1. The first-order valence-electron chi connectivity index (χ1n) is 7.46. The second kappa shape index (κ2) is 5.31. The highest BCUT2D eigenvalue weighted by Crippen LogP contribution is 2.29. The molecule has 5 heterocycles. The van der Waals surface area contributed by atoms with E-state index in [2.05, 4.69) is 9.80 Å². The maximum Gasteiger partial charge on any atom is 0.264 e. The average molecular weight is 302 g/mol. The lowest BCUT2D eigenvalue weighted by atomic mass is 10.0. The van der Waals surface area contributed by atoms with E-state index in [4.69, 9.17) is 4.42 Å². The van der Waals surface area contributed by atoms with Crippen LogP contribution in [0.5, 0.6) is 0 Å². The molecule has 0 spiro atoms. The van der Waals surface area contributed by atoms with Crippen LogP contribution in [0, 0.1) is 0 Å². The number of thiophene rings is 1. The maximum atomic E-state index is 12.8. The third-order valence-electron chi connectivity index (χ3n) is 4.58. The number of hydrogen-bond acceptors (Lipinski definition) is 4. The van der Waals surface area contributed by atoms with Gasteiger partial charge in [-0.1, -0.05) is 0 Å². The van der Waals surface area contributed by atoms with E-state index in [0.717, 1.165) is 55.0 Å². The second-order valence-corrected chi connectivity index (χ2v) is 6.69. The first-order valence-corrected chi connectivity index (χ1v) is 8.33. The molecule has 0 saturated carbocycles. The van der Waals surface area contributed by atoms with Crippen molar-refractivity contribution in [1.29, 1.82) is 0 Å². The van der Waals surface area contributed by atoms with Gasteiger partial charge < -0.3 is 14.2 Å². The molecule has 4 nitrogen and oxygen atoms in total. The fourth-order valence-electron chi connectivity index (χ4n) is 3.32. The lowest BCUT2D eigenvalue weighted by Gasteiger charge is -2.31. The molecule has 3 fully saturated rings. The molecule has 2 aromatic heterocycles. The second-order valence-electron chi connectivity index (χ2n) is 5.78. The summed E-state index contributed by atoms with van der Waals surface area (Å²) in [5.74, 6) is 0.198. The van der Waals surface area contributed by atoms with Crippen molar-refractivity contribution in [3.63, 3.8) is 0 Å². The molecule has 0 atom stereocenters. The van der Waals surface area contributed by atoms with Gasteiger partial charge in [0, 0.05) is 37.8 Å². The summed E-state index contributed by atoms with van der Waals surface area (Å²) >= 11 is 1.54. The Hall–Kier alpha value is -1.59. The number of rotatable bonds is 2. The third kappa shape index (κ3) is 2.40. The standard InChI is InChI=1S/C16H18N2O2S/c19-16(18-7-6-17-4-1-14(18)2-5-17)15-9-13(11-21-15)12-3-8-20-10-12/h3,8-11,14H,1-2,4-7H2. The highest BCUT2D eigenvalue weighted by molar-refractivity contribution is 7.12. The smallest absolute Gasteiger partial charge is 0.264 e. The summed E-state index contributed by atoms with van der Waals surface area (Å²) in [4.78, 5) is 18.2. The van der Waals surface area contributed by atoms with Gasteiger partial charge in [0.25, 0.3) is 5.91 Å². The molecule has 0 radical (unpaired) electrons. The Morgan fingerprint density at radius 1 is 1.19 bits per heavy atom. The summed E-state index contributed by atoms with van der Waals surface area (Å²) < 4.78 is 5.12. The molecule has 0 aromatic carbocycles. The Morgan fingerprint density at radius 3 is 2.81 bits per heavy atom. The molecular weight excluding hydrogens is 284 g/mol. The zero-order valence-electron chi connectivity index (χ0n) is 11.8. The van der Waals surface area contributed by atoms with E-state index in [1.807, 2.05) is 17.5 Å². The summed E-state index contributed by atoms with van der Waals surface area (Å²) in [5.41, 5.74) is 2.10. The maximum absolute atomic E-state index is 12.8. The van der Waals surface area contributed by atoms with Gasteiger partial charge in [-0.25, -0.2) is 0 Å². The molecule has 3 aliphatic rings. The zero-order valence-corrected chi connectivity index (χ0v) is 12.6. The van der Waals surface area contributed by atoms with Crippen molar-refractivity contribution >= 4 is 17.2 Å². The number of piperidine rings is 1. The minimum atomic E-state index is 0.198. The summed E-state index contributed by atoms with van der Waals surface area (Å²) in [6.45, 7) is 4.16. The Morgan fingerprint density at radius 2 is 2.05 bits per heavy atom. The molecule has 0 unspecified atom stereocenters. The summed E-state index contributed by atoms with van der Waals surface area (Å²) in [5, 5.41) is 2.04. The molecule has 21 heavy (non-hydrogen) atoms. The van der Waals surface area contributed by atoms with Crippen LogP contribution < -0.4 is 0 Å². The van der Waals surface area contributed by atoms with Gasteiger partial charge in [0.05, 0.1) is 17.4 Å². The van der Waals surface area contributed by atoms with Gasteiger partial charge >= 0.3 is 0 Å². The van der Waals surface area contributed by atoms with Crippen LogP contribution in [-0.4, -0.2) is 47.9 Å². The minimum absolute atomic E-state index is 0.198. The monoisotopic (exact) mass is 302 g/mol. The van der Waals surface area contributed by atoms with Crippen molar-refractivity contribution in [2.75, 3.05) is 26.2 Å². The number of furan rings is 1. The normalized spacial score (nSPS) is 25.0. The Labute approximate surface area is 128 Å². The van der Waals surface area contributed by atoms with Gasteiger partial charge in [0.15, 0.2) is 0 Å². The number of nitrogens with zero attached hydrogens (tertiary/aromatic N) is 2. The van der Waals surface area contributed by atoms with Gasteiger partial charge in [-0.05, 0) is 35.9 Å². The van der Waals surface area contributed by atoms with Crippen LogP contribution in [0.25, 0.3) is 11.1 Å². The molecule has 0 N–H and O–H groups in total. The van der Waals surface area contributed by atoms with Crippen LogP contribution in [0.2, 0.25) is 0 Å². The molecule has 3 saturated heterocycles. The van der Waals surface area contributed by atoms with Crippen LogP contribution in [0.3, 0.4) is 0 Å². The van der Waals surface area contributed by atoms with Gasteiger partial charge in [-0.15, -0.1) is 11.3 Å². The van der Waals surface area contributed by atoms with E-state index in [-0.39, 0.29) is 5.91 Å². The fourth-order valence-corrected chi connectivity index (χ4v) is 4.19. The van der Waals surface area contributed by atoms with E-state index in [1.54, 1.807) is 12.5 Å². The lowest BCUT2D eigenvalue weighted by Crippen LogP contribution is -2.41. The van der Waals surface area contributed by atoms with Crippen molar-refractivity contribution in [1.82, 2.24) is 9.80 Å². The number of carbonyl (C=O) groups excluding carboxylic acids is 1. The Balaban J connectivity index is 1.57. The van der Waals surface area contributed by atoms with E-state index >= 15 is 0 Å². The van der Waals surface area contributed by atoms with Crippen LogP contribution in [-0.2, 0) is 0 Å². The van der Waals surface area contributed by atoms with Crippen molar-refractivity contribution in [2.24, 2.45) is 0 Å². The van der Waals surface area contributed by atoms with Crippen LogP contribution in [0.1, 0.15) is 22.5 Å². The fraction of sp³-hybridized carbons (Fsp3) is 0.438. The van der Waals surface area contributed by atoms with E-state index in [1.165, 1.54) is 11.3 Å². The number of fused-ring (bicyclic) bond motifs is 4. The molecule has 2 aromatic rings. The SMILES string of the molecule is O=C(c1cc(-c2ccoc2)cs1)N1CCN2CCC1CC2. The molecule has 110 valence electrons. The molecule has 0 aliphatic carbocycles. The van der Waals surface area contributed by atoms with Crippen molar-refractivity contribution in [3.8, 4) is 11.1 Å². The van der Waals surface area contributed by atoms with Crippen LogP contribution >= 0.6 is 11.3 Å².